The fraction of sp³-hybridized carbons (Fsp3) is 0.750. The smallest absolute Gasteiger partial charge is 0.344 e. The summed E-state index contributed by atoms with van der Waals surface area (Å²) in [5, 5.41) is 11.1. The maximum Gasteiger partial charge on any atom is 0.344 e. The molecule has 0 aromatic heterocycles. The number of allylic oxidation sites excluding steroid dienone is 3. The van der Waals surface area contributed by atoms with Crippen molar-refractivity contribution in [3.63, 3.8) is 0 Å². The molecule has 0 aliphatic heterocycles. The van der Waals surface area contributed by atoms with Crippen molar-refractivity contribution in [2.24, 2.45) is 17.8 Å². The summed E-state index contributed by atoms with van der Waals surface area (Å²) in [6.07, 6.45) is 23.0. The Morgan fingerprint density at radius 1 is 0.535 bits per heavy atom. The molecular weight excluding hydrogens is 544 g/mol. The summed E-state index contributed by atoms with van der Waals surface area (Å²) in [6.45, 7) is 13.2. The van der Waals surface area contributed by atoms with Gasteiger partial charge in [-0.15, -0.1) is 0 Å². The van der Waals surface area contributed by atoms with E-state index in [4.69, 9.17) is 14.2 Å². The normalized spacial score (nSPS) is 13.5. The second kappa shape index (κ2) is 26.0. The zero-order valence-corrected chi connectivity index (χ0v) is 28.1. The molecule has 0 unspecified atom stereocenters. The van der Waals surface area contributed by atoms with Crippen LogP contribution >= 0.6 is 0 Å². The summed E-state index contributed by atoms with van der Waals surface area (Å²) in [7, 11) is 0. The Morgan fingerprint density at radius 2 is 0.860 bits per heavy atom. The van der Waals surface area contributed by atoms with E-state index in [1.807, 2.05) is 0 Å². The molecule has 0 aromatic carbocycles. The number of aliphatic hydroxyl groups is 1. The first-order valence-corrected chi connectivity index (χ1v) is 16.7. The van der Waals surface area contributed by atoms with E-state index >= 15 is 0 Å². The first kappa shape index (κ1) is 40.6. The van der Waals surface area contributed by atoms with E-state index in [0.29, 0.717) is 17.8 Å². The first-order valence-electron chi connectivity index (χ1n) is 16.7. The molecule has 1 N–H and O–H groups in total. The van der Waals surface area contributed by atoms with Crippen LogP contribution in [0.2, 0.25) is 0 Å². The van der Waals surface area contributed by atoms with Crippen molar-refractivity contribution in [1.82, 2.24) is 0 Å². The maximum atomic E-state index is 12.8. The molecule has 248 valence electrons. The van der Waals surface area contributed by atoms with Crippen LogP contribution < -0.4 is 0 Å². The lowest BCUT2D eigenvalue weighted by atomic mass is 9.95. The number of rotatable bonds is 26. The van der Waals surface area contributed by atoms with Gasteiger partial charge < -0.3 is 19.3 Å². The van der Waals surface area contributed by atoms with E-state index in [2.05, 4.69) is 41.5 Å². The van der Waals surface area contributed by atoms with E-state index in [1.54, 1.807) is 18.2 Å². The van der Waals surface area contributed by atoms with Crippen LogP contribution in [0.3, 0.4) is 0 Å². The predicted octanol–water partition coefficient (Wildman–Crippen LogP) is 9.49. The average Bonchev–Trinajstić information content (AvgIpc) is 2.92. The lowest BCUT2D eigenvalue weighted by Gasteiger charge is -2.22. The van der Waals surface area contributed by atoms with E-state index in [-0.39, 0.29) is 0 Å². The van der Waals surface area contributed by atoms with E-state index in [9.17, 15) is 19.5 Å². The van der Waals surface area contributed by atoms with Crippen molar-refractivity contribution in [3.05, 3.63) is 37.0 Å². The van der Waals surface area contributed by atoms with Gasteiger partial charge in [0.2, 0.25) is 0 Å². The second-order valence-electron chi connectivity index (χ2n) is 13.0. The number of hydrogen-bond acceptors (Lipinski definition) is 7. The fourth-order valence-electron chi connectivity index (χ4n) is 4.41. The monoisotopic (exact) mass is 606 g/mol. The van der Waals surface area contributed by atoms with E-state index < -0.39 is 36.4 Å². The van der Waals surface area contributed by atoms with Crippen LogP contribution in [0, 0.1) is 17.8 Å². The van der Waals surface area contributed by atoms with Crippen LogP contribution in [0.5, 0.6) is 0 Å². The average molecular weight is 607 g/mol. The molecule has 0 spiro atoms. The standard InChI is InChI=1S/C36H62O7/c1-30(2)22-16-10-7-13-19-25-41-33(37)28-36(40,35(39)43-27-21-15-9-12-18-24-32(5)6)29-34(38)42-26-20-14-8-11-17-23-31(3)4/h19-21,25-27,30-32,40H,7-18,22-24,28-29H2,1-6H3. The third kappa shape index (κ3) is 25.8. The summed E-state index contributed by atoms with van der Waals surface area (Å²) in [6, 6.07) is 0. The summed E-state index contributed by atoms with van der Waals surface area (Å²) < 4.78 is 15.3. The van der Waals surface area contributed by atoms with E-state index in [1.165, 1.54) is 38.0 Å². The SMILES string of the molecule is CC(C)CCCCCC=COC(=O)CC(O)(CC(=O)OC=CCCCCCC(C)C)C(=O)OC=CCCCCCC(C)C. The molecule has 0 radical (unpaired) electrons. The molecule has 0 saturated heterocycles. The number of carbonyl (C=O) groups is 3. The van der Waals surface area contributed by atoms with E-state index in [0.717, 1.165) is 77.0 Å². The van der Waals surface area contributed by atoms with Crippen LogP contribution in [0.15, 0.2) is 37.0 Å². The van der Waals surface area contributed by atoms with Gasteiger partial charge in [0.05, 0.1) is 31.6 Å². The van der Waals surface area contributed by atoms with Gasteiger partial charge in [-0.3, -0.25) is 9.59 Å². The zero-order chi connectivity index (χ0) is 32.3. The highest BCUT2D eigenvalue weighted by atomic mass is 16.6. The Labute approximate surface area is 262 Å². The molecule has 0 aliphatic rings. The molecule has 0 aromatic rings. The minimum absolute atomic E-state index is 0.678. The number of ether oxygens (including phenoxy) is 3. The Morgan fingerprint density at radius 3 is 1.19 bits per heavy atom. The maximum absolute atomic E-state index is 12.8. The third-order valence-corrected chi connectivity index (χ3v) is 7.07. The van der Waals surface area contributed by atoms with Gasteiger partial charge in [-0.1, -0.05) is 99.3 Å². The topological polar surface area (TPSA) is 99.1 Å². The summed E-state index contributed by atoms with van der Waals surface area (Å²) in [5.74, 6) is -0.716. The molecule has 0 aliphatic carbocycles. The van der Waals surface area contributed by atoms with Gasteiger partial charge in [-0.25, -0.2) is 4.79 Å². The third-order valence-electron chi connectivity index (χ3n) is 7.07. The van der Waals surface area contributed by atoms with Crippen LogP contribution in [0.4, 0.5) is 0 Å². The highest BCUT2D eigenvalue weighted by Gasteiger charge is 2.43. The Hall–Kier alpha value is -2.41. The summed E-state index contributed by atoms with van der Waals surface area (Å²) >= 11 is 0. The minimum Gasteiger partial charge on any atom is -0.435 e. The Bertz CT molecular complexity index is 779. The molecule has 0 rings (SSSR count). The van der Waals surface area contributed by atoms with Crippen molar-refractivity contribution >= 4 is 17.9 Å². The Kier molecular flexibility index (Phi) is 24.6. The van der Waals surface area contributed by atoms with Gasteiger partial charge in [-0.2, -0.15) is 0 Å². The number of hydrogen-bond donors (Lipinski definition) is 1. The molecular formula is C36H62O7. The van der Waals surface area contributed by atoms with Crippen molar-refractivity contribution in [2.75, 3.05) is 0 Å². The van der Waals surface area contributed by atoms with Crippen LogP contribution in [-0.4, -0.2) is 28.6 Å². The van der Waals surface area contributed by atoms with Crippen molar-refractivity contribution in [2.45, 2.75) is 156 Å². The predicted molar refractivity (Wildman–Crippen MR) is 174 cm³/mol. The van der Waals surface area contributed by atoms with Gasteiger partial charge in [0.15, 0.2) is 5.60 Å². The molecule has 0 saturated carbocycles. The number of unbranched alkanes of at least 4 members (excludes halogenated alkanes) is 9. The number of carbonyl (C=O) groups excluding carboxylic acids is 3. The van der Waals surface area contributed by atoms with Gasteiger partial charge >= 0.3 is 17.9 Å². The molecule has 0 amide bonds. The number of esters is 3. The molecule has 0 atom stereocenters. The van der Waals surface area contributed by atoms with Gasteiger partial charge in [0.25, 0.3) is 0 Å². The zero-order valence-electron chi connectivity index (χ0n) is 28.1. The molecule has 0 bridgehead atoms. The lowest BCUT2D eigenvalue weighted by molar-refractivity contribution is -0.171. The van der Waals surface area contributed by atoms with Gasteiger partial charge in [0, 0.05) is 0 Å². The first-order chi connectivity index (χ1) is 20.5. The summed E-state index contributed by atoms with van der Waals surface area (Å²) in [4.78, 5) is 37.8. The molecule has 0 fully saturated rings. The largest absolute Gasteiger partial charge is 0.435 e. The minimum atomic E-state index is -2.41. The van der Waals surface area contributed by atoms with Gasteiger partial charge in [0.1, 0.15) is 0 Å². The molecule has 7 heteroatoms. The van der Waals surface area contributed by atoms with Gasteiger partial charge in [-0.05, 0) is 74.5 Å². The Balaban J connectivity index is 4.89. The lowest BCUT2D eigenvalue weighted by Crippen LogP contribution is -2.44. The van der Waals surface area contributed by atoms with Crippen LogP contribution in [-0.2, 0) is 28.6 Å². The second-order valence-corrected chi connectivity index (χ2v) is 13.0. The fourth-order valence-corrected chi connectivity index (χ4v) is 4.41. The molecule has 0 heterocycles. The van der Waals surface area contributed by atoms with Crippen molar-refractivity contribution < 1.29 is 33.7 Å². The van der Waals surface area contributed by atoms with Crippen molar-refractivity contribution in [3.8, 4) is 0 Å². The highest BCUT2D eigenvalue weighted by molar-refractivity contribution is 5.90. The highest BCUT2D eigenvalue weighted by Crippen LogP contribution is 2.21. The van der Waals surface area contributed by atoms with Crippen molar-refractivity contribution in [1.29, 1.82) is 0 Å². The quantitative estimate of drug-likeness (QED) is 0.0453. The van der Waals surface area contributed by atoms with Crippen LogP contribution in [0.1, 0.15) is 151 Å². The molecule has 43 heavy (non-hydrogen) atoms. The van der Waals surface area contributed by atoms with Crippen LogP contribution in [0.25, 0.3) is 0 Å². The summed E-state index contributed by atoms with van der Waals surface area (Å²) in [5.41, 5.74) is -2.41. The molecule has 7 nitrogen and oxygen atoms in total.